The summed E-state index contributed by atoms with van der Waals surface area (Å²) in [5, 5.41) is 3.57. The summed E-state index contributed by atoms with van der Waals surface area (Å²) in [6.45, 7) is 6.17. The summed E-state index contributed by atoms with van der Waals surface area (Å²) in [6, 6.07) is 16.5. The van der Waals surface area contributed by atoms with Crippen molar-refractivity contribution in [3.63, 3.8) is 0 Å². The number of nitrogens with zero attached hydrogens (tertiary/aromatic N) is 1. The molecule has 0 aliphatic carbocycles. The van der Waals surface area contributed by atoms with Crippen LogP contribution in [-0.4, -0.2) is 28.8 Å². The second kappa shape index (κ2) is 10.1. The van der Waals surface area contributed by atoms with Crippen molar-refractivity contribution in [2.75, 3.05) is 0 Å². The molecular formula is C22H27ClN2O2. The fraction of sp³-hybridized carbons (Fsp3) is 0.364. The van der Waals surface area contributed by atoms with E-state index >= 15 is 0 Å². The molecule has 2 amide bonds. The maximum Gasteiger partial charge on any atom is 0.243 e. The molecule has 0 bridgehead atoms. The van der Waals surface area contributed by atoms with Gasteiger partial charge in [0, 0.05) is 17.6 Å². The van der Waals surface area contributed by atoms with E-state index in [1.807, 2.05) is 63.2 Å². The van der Waals surface area contributed by atoms with E-state index in [1.165, 1.54) is 0 Å². The molecule has 2 rings (SSSR count). The fourth-order valence-electron chi connectivity index (χ4n) is 2.96. The second-order valence-electron chi connectivity index (χ2n) is 6.90. The molecule has 0 saturated heterocycles. The summed E-state index contributed by atoms with van der Waals surface area (Å²) >= 11 is 5.93. The molecule has 2 aromatic carbocycles. The lowest BCUT2D eigenvalue weighted by molar-refractivity contribution is -0.141. The van der Waals surface area contributed by atoms with Gasteiger partial charge in [0.25, 0.3) is 0 Å². The van der Waals surface area contributed by atoms with Crippen LogP contribution >= 0.6 is 11.6 Å². The van der Waals surface area contributed by atoms with Crippen molar-refractivity contribution in [3.8, 4) is 0 Å². The average molecular weight is 387 g/mol. The van der Waals surface area contributed by atoms with Crippen LogP contribution in [0.4, 0.5) is 0 Å². The molecule has 0 fully saturated rings. The molecule has 0 aliphatic heterocycles. The maximum atomic E-state index is 13.1. The number of carbonyl (C=O) groups is 2. The molecule has 144 valence electrons. The van der Waals surface area contributed by atoms with E-state index in [2.05, 4.69) is 5.32 Å². The van der Waals surface area contributed by atoms with Crippen molar-refractivity contribution in [2.45, 2.75) is 52.2 Å². The van der Waals surface area contributed by atoms with Crippen molar-refractivity contribution < 1.29 is 9.59 Å². The zero-order valence-electron chi connectivity index (χ0n) is 16.1. The number of nitrogens with one attached hydrogen (secondary N) is 1. The van der Waals surface area contributed by atoms with Crippen LogP contribution in [0.15, 0.2) is 54.6 Å². The Morgan fingerprint density at radius 2 is 1.63 bits per heavy atom. The van der Waals surface area contributed by atoms with E-state index < -0.39 is 6.04 Å². The van der Waals surface area contributed by atoms with Gasteiger partial charge in [-0.05, 0) is 43.5 Å². The predicted molar refractivity (Wildman–Crippen MR) is 110 cm³/mol. The molecular weight excluding hydrogens is 360 g/mol. The van der Waals surface area contributed by atoms with Gasteiger partial charge < -0.3 is 10.2 Å². The Morgan fingerprint density at radius 1 is 1.00 bits per heavy atom. The van der Waals surface area contributed by atoms with Crippen molar-refractivity contribution >= 4 is 23.4 Å². The first-order valence-corrected chi connectivity index (χ1v) is 9.66. The SMILES string of the molecule is CCC(C(=O)NC(C)C)N(Cc1ccccc1)C(=O)Cc1ccc(Cl)cc1. The van der Waals surface area contributed by atoms with Crippen molar-refractivity contribution in [3.05, 3.63) is 70.7 Å². The molecule has 0 heterocycles. The average Bonchev–Trinajstić information content (AvgIpc) is 2.63. The van der Waals surface area contributed by atoms with Gasteiger partial charge in [-0.15, -0.1) is 0 Å². The topological polar surface area (TPSA) is 49.4 Å². The Morgan fingerprint density at radius 3 is 2.19 bits per heavy atom. The van der Waals surface area contributed by atoms with Crippen LogP contribution in [0.25, 0.3) is 0 Å². The lowest BCUT2D eigenvalue weighted by atomic mass is 10.1. The second-order valence-corrected chi connectivity index (χ2v) is 7.33. The number of halogens is 1. The molecule has 5 heteroatoms. The minimum atomic E-state index is -0.507. The minimum absolute atomic E-state index is 0.0245. The molecule has 2 aromatic rings. The molecule has 1 N–H and O–H groups in total. The van der Waals surface area contributed by atoms with Gasteiger partial charge in [-0.3, -0.25) is 9.59 Å². The summed E-state index contributed by atoms with van der Waals surface area (Å²) in [5.74, 6) is -0.195. The molecule has 27 heavy (non-hydrogen) atoms. The van der Waals surface area contributed by atoms with Crippen molar-refractivity contribution in [1.29, 1.82) is 0 Å². The third kappa shape index (κ3) is 6.40. The number of hydrogen-bond acceptors (Lipinski definition) is 2. The third-order valence-electron chi connectivity index (χ3n) is 4.28. The Kier molecular flexibility index (Phi) is 7.86. The van der Waals surface area contributed by atoms with Crippen LogP contribution in [0.3, 0.4) is 0 Å². The predicted octanol–water partition coefficient (Wildman–Crippen LogP) is 4.21. The number of carbonyl (C=O) groups excluding carboxylic acids is 2. The van der Waals surface area contributed by atoms with Gasteiger partial charge in [-0.25, -0.2) is 0 Å². The largest absolute Gasteiger partial charge is 0.352 e. The lowest BCUT2D eigenvalue weighted by Crippen LogP contribution is -2.50. The molecule has 0 saturated carbocycles. The zero-order chi connectivity index (χ0) is 19.8. The molecule has 1 atom stereocenters. The quantitative estimate of drug-likeness (QED) is 0.738. The Bertz CT molecular complexity index is 745. The van der Waals surface area contributed by atoms with E-state index in [9.17, 15) is 9.59 Å². The summed E-state index contributed by atoms with van der Waals surface area (Å²) in [7, 11) is 0. The van der Waals surface area contributed by atoms with Crippen LogP contribution in [0.1, 0.15) is 38.3 Å². The van der Waals surface area contributed by atoms with Crippen LogP contribution in [-0.2, 0) is 22.6 Å². The molecule has 0 spiro atoms. The van der Waals surface area contributed by atoms with Crippen LogP contribution in [0.2, 0.25) is 5.02 Å². The first kappa shape index (κ1) is 21.0. The number of benzene rings is 2. The van der Waals surface area contributed by atoms with Crippen LogP contribution in [0.5, 0.6) is 0 Å². The monoisotopic (exact) mass is 386 g/mol. The van der Waals surface area contributed by atoms with E-state index in [-0.39, 0.29) is 24.3 Å². The summed E-state index contributed by atoms with van der Waals surface area (Å²) in [6.07, 6.45) is 0.785. The maximum absolute atomic E-state index is 13.1. The third-order valence-corrected chi connectivity index (χ3v) is 4.53. The lowest BCUT2D eigenvalue weighted by Gasteiger charge is -2.31. The minimum Gasteiger partial charge on any atom is -0.352 e. The number of hydrogen-bond donors (Lipinski definition) is 1. The molecule has 0 radical (unpaired) electrons. The van der Waals surface area contributed by atoms with Crippen molar-refractivity contribution in [2.24, 2.45) is 0 Å². The van der Waals surface area contributed by atoms with Gasteiger partial charge in [0.15, 0.2) is 0 Å². The van der Waals surface area contributed by atoms with E-state index in [0.717, 1.165) is 11.1 Å². The van der Waals surface area contributed by atoms with E-state index in [0.29, 0.717) is 18.0 Å². The van der Waals surface area contributed by atoms with Gasteiger partial charge in [-0.2, -0.15) is 0 Å². The van der Waals surface area contributed by atoms with Gasteiger partial charge >= 0.3 is 0 Å². The highest BCUT2D eigenvalue weighted by atomic mass is 35.5. The van der Waals surface area contributed by atoms with Crippen LogP contribution in [0, 0.1) is 0 Å². The standard InChI is InChI=1S/C22H27ClN2O2/c1-4-20(22(27)24-16(2)3)25(15-18-8-6-5-7-9-18)21(26)14-17-10-12-19(23)13-11-17/h5-13,16,20H,4,14-15H2,1-3H3,(H,24,27). The van der Waals surface area contributed by atoms with Crippen LogP contribution < -0.4 is 5.32 Å². The highest BCUT2D eigenvalue weighted by Crippen LogP contribution is 2.16. The molecule has 0 aliphatic rings. The highest BCUT2D eigenvalue weighted by molar-refractivity contribution is 6.30. The van der Waals surface area contributed by atoms with Gasteiger partial charge in [0.1, 0.15) is 6.04 Å². The normalized spacial score (nSPS) is 11.9. The first-order valence-electron chi connectivity index (χ1n) is 9.29. The van der Waals surface area contributed by atoms with E-state index in [4.69, 9.17) is 11.6 Å². The molecule has 0 aromatic heterocycles. The fourth-order valence-corrected chi connectivity index (χ4v) is 3.08. The first-order chi connectivity index (χ1) is 12.9. The zero-order valence-corrected chi connectivity index (χ0v) is 16.9. The van der Waals surface area contributed by atoms with Gasteiger partial charge in [-0.1, -0.05) is 61.0 Å². The molecule has 4 nitrogen and oxygen atoms in total. The summed E-state index contributed by atoms with van der Waals surface area (Å²) < 4.78 is 0. The van der Waals surface area contributed by atoms with Gasteiger partial charge in [0.05, 0.1) is 6.42 Å². The Hall–Kier alpha value is -2.33. The Labute approximate surface area is 166 Å². The summed E-state index contributed by atoms with van der Waals surface area (Å²) in [4.78, 5) is 27.5. The summed E-state index contributed by atoms with van der Waals surface area (Å²) in [5.41, 5.74) is 1.87. The Balaban J connectivity index is 2.25. The van der Waals surface area contributed by atoms with Crippen molar-refractivity contribution in [1.82, 2.24) is 10.2 Å². The molecule has 1 unspecified atom stereocenters. The highest BCUT2D eigenvalue weighted by Gasteiger charge is 2.28. The van der Waals surface area contributed by atoms with E-state index in [1.54, 1.807) is 17.0 Å². The smallest absolute Gasteiger partial charge is 0.243 e. The number of amides is 2. The van der Waals surface area contributed by atoms with Gasteiger partial charge in [0.2, 0.25) is 11.8 Å². The number of rotatable bonds is 8.